The van der Waals surface area contributed by atoms with Crippen molar-refractivity contribution in [1.29, 1.82) is 0 Å². The molecule has 6 rings (SSSR count). The van der Waals surface area contributed by atoms with Gasteiger partial charge in [-0.3, -0.25) is 0 Å². The highest BCUT2D eigenvalue weighted by molar-refractivity contribution is 5.76. The number of anilines is 2. The number of halogens is 1. The van der Waals surface area contributed by atoms with E-state index in [-0.39, 0.29) is 23.5 Å². The lowest BCUT2D eigenvalue weighted by atomic mass is 9.87. The Balaban J connectivity index is 1.38. The van der Waals surface area contributed by atoms with Gasteiger partial charge in [0.2, 0.25) is 11.8 Å². The molecule has 45 heavy (non-hydrogen) atoms. The second-order valence-electron chi connectivity index (χ2n) is 12.4. The monoisotopic (exact) mass is 609 g/mol. The van der Waals surface area contributed by atoms with E-state index in [4.69, 9.17) is 20.2 Å². The summed E-state index contributed by atoms with van der Waals surface area (Å²) >= 11 is 0. The van der Waals surface area contributed by atoms with Crippen molar-refractivity contribution in [3.8, 4) is 22.9 Å². The summed E-state index contributed by atoms with van der Waals surface area (Å²) in [6.45, 7) is 8.71. The second-order valence-corrected chi connectivity index (χ2v) is 12.4. The Labute approximate surface area is 263 Å². The summed E-state index contributed by atoms with van der Waals surface area (Å²) in [4.78, 5) is 24.1. The number of benzene rings is 3. The Morgan fingerprint density at radius 3 is 2.67 bits per heavy atom. The number of hydrogen-bond acceptors (Lipinski definition) is 7. The van der Waals surface area contributed by atoms with Gasteiger partial charge in [0.1, 0.15) is 0 Å². The highest BCUT2D eigenvalue weighted by Crippen LogP contribution is 2.46. The van der Waals surface area contributed by atoms with E-state index in [0.29, 0.717) is 29.5 Å². The van der Waals surface area contributed by atoms with Gasteiger partial charge in [-0.2, -0.15) is 4.98 Å². The average molecular weight is 610 g/mol. The number of carbonyl (C=O) groups is 1. The number of fused-ring (bicyclic) bond motifs is 1. The van der Waals surface area contributed by atoms with Crippen molar-refractivity contribution in [3.05, 3.63) is 93.8 Å². The molecule has 0 spiro atoms. The summed E-state index contributed by atoms with van der Waals surface area (Å²) in [6.07, 6.45) is 2.92. The molecule has 3 aromatic carbocycles. The van der Waals surface area contributed by atoms with Crippen LogP contribution in [0, 0.1) is 32.5 Å². The maximum Gasteiger partial charge on any atom is 0.411 e. The number of ether oxygens (including phenoxy) is 2. The number of carbonyl (C=O) groups excluding carboxylic acids is 1. The molecule has 4 aromatic rings. The molecule has 3 N–H and O–H groups in total. The highest BCUT2D eigenvalue weighted by Gasteiger charge is 2.32. The maximum absolute atomic E-state index is 15.2. The van der Waals surface area contributed by atoms with Gasteiger partial charge in [0.25, 0.3) is 0 Å². The van der Waals surface area contributed by atoms with E-state index in [9.17, 15) is 4.79 Å². The number of rotatable bonds is 8. The minimum atomic E-state index is -0.966. The zero-order chi connectivity index (χ0) is 31.7. The van der Waals surface area contributed by atoms with Crippen LogP contribution >= 0.6 is 0 Å². The molecule has 234 valence electrons. The number of amides is 1. The summed E-state index contributed by atoms with van der Waals surface area (Å²) in [7, 11) is 2.10. The number of piperidine rings is 1. The van der Waals surface area contributed by atoms with Gasteiger partial charge >= 0.3 is 6.09 Å². The summed E-state index contributed by atoms with van der Waals surface area (Å²) in [5, 5.41) is 3.13. The fourth-order valence-electron chi connectivity index (χ4n) is 6.71. The Kier molecular flexibility index (Phi) is 8.72. The molecule has 2 heterocycles. The fraction of sp³-hybridized carbons (Fsp3) is 0.361. The van der Waals surface area contributed by atoms with Gasteiger partial charge in [0, 0.05) is 41.3 Å². The number of nitrogens with one attached hydrogen (secondary N) is 1. The molecule has 1 saturated heterocycles. The second kappa shape index (κ2) is 12.9. The molecule has 1 aliphatic heterocycles. The van der Waals surface area contributed by atoms with E-state index in [1.165, 1.54) is 17.2 Å². The molecule has 9 heteroatoms. The lowest BCUT2D eigenvalue weighted by Crippen LogP contribution is -2.34. The van der Waals surface area contributed by atoms with Crippen LogP contribution in [0.15, 0.2) is 54.6 Å². The molecule has 8 nitrogen and oxygen atoms in total. The summed E-state index contributed by atoms with van der Waals surface area (Å²) < 4.78 is 26.7. The fourth-order valence-corrected chi connectivity index (χ4v) is 6.71. The Morgan fingerprint density at radius 1 is 1.07 bits per heavy atom. The van der Waals surface area contributed by atoms with Crippen LogP contribution in [0.5, 0.6) is 11.6 Å². The van der Waals surface area contributed by atoms with Crippen LogP contribution in [0.3, 0.4) is 0 Å². The molecule has 1 fully saturated rings. The number of hydrogen-bond donors (Lipinski definition) is 2. The van der Waals surface area contributed by atoms with E-state index < -0.39 is 11.9 Å². The van der Waals surface area contributed by atoms with Crippen LogP contribution in [0.4, 0.5) is 20.8 Å². The lowest BCUT2D eigenvalue weighted by molar-refractivity contribution is 0.147. The number of likely N-dealkylation sites (tertiary alicyclic amines) is 1. The lowest BCUT2D eigenvalue weighted by Gasteiger charge is -2.29. The maximum atomic E-state index is 15.2. The van der Waals surface area contributed by atoms with Crippen LogP contribution in [-0.4, -0.2) is 47.7 Å². The quantitative estimate of drug-likeness (QED) is 0.218. The van der Waals surface area contributed by atoms with E-state index in [2.05, 4.69) is 61.2 Å². The predicted molar refractivity (Wildman–Crippen MR) is 174 cm³/mol. The first kappa shape index (κ1) is 30.5. The van der Waals surface area contributed by atoms with Crippen LogP contribution < -0.4 is 20.5 Å². The number of primary amides is 1. The Bertz CT molecular complexity index is 1740. The molecule has 0 bridgehead atoms. The first-order valence-corrected chi connectivity index (χ1v) is 15.6. The number of aromatic nitrogens is 2. The van der Waals surface area contributed by atoms with Gasteiger partial charge in [-0.1, -0.05) is 36.4 Å². The van der Waals surface area contributed by atoms with Crippen LogP contribution in [0.1, 0.15) is 58.6 Å². The van der Waals surface area contributed by atoms with E-state index >= 15 is 4.39 Å². The molecule has 0 saturated carbocycles. The third kappa shape index (κ3) is 6.49. The van der Waals surface area contributed by atoms with Crippen molar-refractivity contribution >= 4 is 17.7 Å². The third-order valence-corrected chi connectivity index (χ3v) is 9.29. The van der Waals surface area contributed by atoms with E-state index in [1.54, 1.807) is 12.1 Å². The highest BCUT2D eigenvalue weighted by atomic mass is 19.1. The first-order valence-electron chi connectivity index (χ1n) is 15.6. The summed E-state index contributed by atoms with van der Waals surface area (Å²) in [5.41, 5.74) is 14.0. The molecule has 1 aromatic heterocycles. The van der Waals surface area contributed by atoms with Crippen molar-refractivity contribution in [3.63, 3.8) is 0 Å². The van der Waals surface area contributed by atoms with Gasteiger partial charge in [0.15, 0.2) is 11.6 Å². The molecule has 2 unspecified atom stereocenters. The third-order valence-electron chi connectivity index (χ3n) is 9.29. The zero-order valence-corrected chi connectivity index (χ0v) is 26.3. The standard InChI is InChI=1S/C36H40FN5O3/c1-21-11-14-27(23(3)22(21)2)33-32(29-15-12-25-9-5-6-10-28(25)29)34(45-35(38)43)41-36(40-33)39-26-13-16-31(30(37)18-26)44-20-24-8-7-17-42(4)19-24/h5-6,9-11,13-14,16,18,24,29H,7-8,12,15,17,19-20H2,1-4H3,(H2,38,43)(H,39,40,41). The topological polar surface area (TPSA) is 103 Å². The molecular weight excluding hydrogens is 569 g/mol. The molecular formula is C36H40FN5O3. The van der Waals surface area contributed by atoms with Crippen molar-refractivity contribution in [2.45, 2.75) is 52.4 Å². The summed E-state index contributed by atoms with van der Waals surface area (Å²) in [6, 6.07) is 17.1. The smallest absolute Gasteiger partial charge is 0.411 e. The van der Waals surface area contributed by atoms with Crippen molar-refractivity contribution in [2.24, 2.45) is 11.7 Å². The largest absolute Gasteiger partial charge is 0.490 e. The Morgan fingerprint density at radius 2 is 1.89 bits per heavy atom. The minimum Gasteiger partial charge on any atom is -0.490 e. The molecule has 2 aliphatic rings. The van der Waals surface area contributed by atoms with Crippen LogP contribution in [0.2, 0.25) is 0 Å². The average Bonchev–Trinajstić information content (AvgIpc) is 3.43. The van der Waals surface area contributed by atoms with Crippen LogP contribution in [0.25, 0.3) is 11.3 Å². The van der Waals surface area contributed by atoms with Crippen molar-refractivity contribution in [2.75, 3.05) is 32.1 Å². The van der Waals surface area contributed by atoms with Crippen LogP contribution in [-0.2, 0) is 6.42 Å². The van der Waals surface area contributed by atoms with Gasteiger partial charge < -0.3 is 25.4 Å². The predicted octanol–water partition coefficient (Wildman–Crippen LogP) is 7.21. The number of aryl methyl sites for hydroxylation is 2. The molecule has 2 atom stereocenters. The van der Waals surface area contributed by atoms with Gasteiger partial charge in [-0.05, 0) is 100.0 Å². The minimum absolute atomic E-state index is 0.0900. The number of nitrogens with zero attached hydrogens (tertiary/aromatic N) is 3. The SMILES string of the molecule is Cc1ccc(-c2nc(Nc3ccc(OCC4CCCN(C)C4)c(F)c3)nc(OC(N)=O)c2C2CCc3ccccc32)c(C)c1C. The van der Waals surface area contributed by atoms with Crippen molar-refractivity contribution in [1.82, 2.24) is 14.9 Å². The van der Waals surface area contributed by atoms with Crippen molar-refractivity contribution < 1.29 is 18.7 Å². The number of nitrogens with two attached hydrogens (primary N) is 1. The van der Waals surface area contributed by atoms with Gasteiger partial charge in [0.05, 0.1) is 12.3 Å². The summed E-state index contributed by atoms with van der Waals surface area (Å²) in [5.74, 6) is 0.241. The molecule has 0 radical (unpaired) electrons. The zero-order valence-electron chi connectivity index (χ0n) is 26.3. The van der Waals surface area contributed by atoms with E-state index in [1.807, 2.05) is 18.2 Å². The van der Waals surface area contributed by atoms with Gasteiger partial charge in [-0.15, -0.1) is 0 Å². The Hall–Kier alpha value is -4.50. The first-order chi connectivity index (χ1) is 21.7. The molecule has 1 amide bonds. The normalized spacial score (nSPS) is 18.0. The van der Waals surface area contributed by atoms with E-state index in [0.717, 1.165) is 61.0 Å². The van der Waals surface area contributed by atoms with Gasteiger partial charge in [-0.25, -0.2) is 14.2 Å². The molecule has 1 aliphatic carbocycles.